The van der Waals surface area contributed by atoms with Gasteiger partial charge in [0, 0.05) is 5.56 Å². The molecule has 0 bridgehead atoms. The normalized spacial score (nSPS) is 16.4. The van der Waals surface area contributed by atoms with E-state index in [-0.39, 0.29) is 18.3 Å². The smallest absolute Gasteiger partial charge is 0.231 e. The van der Waals surface area contributed by atoms with E-state index >= 15 is 0 Å². The molecule has 0 atom stereocenters. The number of allylic oxidation sites excluding steroid dienone is 1. The Morgan fingerprint density at radius 2 is 1.96 bits per heavy atom. The SMILES string of the molecule is COc1ccc2c(c1C)O/C(=C\c1ccc3c(c1)OCO3)C2=O. The minimum atomic E-state index is -0.136. The standard InChI is InChI=1S/C18H14O5/c1-10-13(20-2)6-4-12-17(19)16(23-18(10)12)8-11-3-5-14-15(7-11)22-9-21-14/h3-8H,9H2,1-2H3/b16-8-. The van der Waals surface area contributed by atoms with Gasteiger partial charge in [-0.1, -0.05) is 6.07 Å². The Hall–Kier alpha value is -2.95. The van der Waals surface area contributed by atoms with Gasteiger partial charge in [-0.05, 0) is 42.8 Å². The molecule has 0 saturated heterocycles. The van der Waals surface area contributed by atoms with Crippen LogP contribution in [0.5, 0.6) is 23.0 Å². The predicted molar refractivity (Wildman–Crippen MR) is 83.2 cm³/mol. The van der Waals surface area contributed by atoms with Crippen LogP contribution in [-0.2, 0) is 0 Å². The fraction of sp³-hybridized carbons (Fsp3) is 0.167. The molecule has 2 aromatic carbocycles. The molecule has 0 N–H and O–H groups in total. The number of Topliss-reactive ketones (excluding diaryl/α,β-unsaturated/α-hetero) is 1. The summed E-state index contributed by atoms with van der Waals surface area (Å²) in [5.74, 6) is 2.77. The Labute approximate surface area is 133 Å². The molecule has 0 amide bonds. The minimum absolute atomic E-state index is 0.136. The molecule has 0 radical (unpaired) electrons. The van der Waals surface area contributed by atoms with E-state index in [2.05, 4.69) is 0 Å². The molecule has 0 aromatic heterocycles. The third kappa shape index (κ3) is 2.12. The summed E-state index contributed by atoms with van der Waals surface area (Å²) in [5.41, 5.74) is 2.18. The topological polar surface area (TPSA) is 54.0 Å². The molecule has 116 valence electrons. The van der Waals surface area contributed by atoms with Crippen LogP contribution < -0.4 is 18.9 Å². The molecule has 23 heavy (non-hydrogen) atoms. The van der Waals surface area contributed by atoms with Crippen LogP contribution in [0.1, 0.15) is 21.5 Å². The van der Waals surface area contributed by atoms with Crippen LogP contribution in [0, 0.1) is 6.92 Å². The third-order valence-electron chi connectivity index (χ3n) is 3.95. The molecule has 2 aromatic rings. The lowest BCUT2D eigenvalue weighted by atomic mass is 10.1. The van der Waals surface area contributed by atoms with Crippen molar-refractivity contribution >= 4 is 11.9 Å². The first-order valence-electron chi connectivity index (χ1n) is 7.19. The van der Waals surface area contributed by atoms with E-state index in [1.165, 1.54) is 0 Å². The van der Waals surface area contributed by atoms with Crippen molar-refractivity contribution in [2.75, 3.05) is 13.9 Å². The molecule has 5 heteroatoms. The maximum Gasteiger partial charge on any atom is 0.231 e. The van der Waals surface area contributed by atoms with Crippen LogP contribution in [0.15, 0.2) is 36.1 Å². The van der Waals surface area contributed by atoms with E-state index in [1.54, 1.807) is 25.3 Å². The number of rotatable bonds is 2. The predicted octanol–water partition coefficient (Wildman–Crippen LogP) is 3.35. The van der Waals surface area contributed by atoms with Gasteiger partial charge in [0.1, 0.15) is 11.5 Å². The summed E-state index contributed by atoms with van der Waals surface area (Å²) in [7, 11) is 1.59. The first-order valence-corrected chi connectivity index (χ1v) is 7.19. The van der Waals surface area contributed by atoms with E-state index in [0.717, 1.165) is 11.1 Å². The van der Waals surface area contributed by atoms with Crippen molar-refractivity contribution in [3.63, 3.8) is 0 Å². The van der Waals surface area contributed by atoms with E-state index in [1.807, 2.05) is 25.1 Å². The van der Waals surface area contributed by atoms with E-state index in [9.17, 15) is 4.79 Å². The van der Waals surface area contributed by atoms with Crippen molar-refractivity contribution in [2.45, 2.75) is 6.92 Å². The molecule has 4 rings (SSSR count). The van der Waals surface area contributed by atoms with Gasteiger partial charge in [-0.3, -0.25) is 4.79 Å². The number of benzene rings is 2. The summed E-state index contributed by atoms with van der Waals surface area (Å²) in [4.78, 5) is 12.5. The van der Waals surface area contributed by atoms with Gasteiger partial charge in [-0.2, -0.15) is 0 Å². The minimum Gasteiger partial charge on any atom is -0.496 e. The number of fused-ring (bicyclic) bond motifs is 2. The third-order valence-corrected chi connectivity index (χ3v) is 3.95. The van der Waals surface area contributed by atoms with Gasteiger partial charge < -0.3 is 18.9 Å². The Morgan fingerprint density at radius 1 is 1.13 bits per heavy atom. The molecule has 0 unspecified atom stereocenters. The van der Waals surface area contributed by atoms with Crippen molar-refractivity contribution in [1.29, 1.82) is 0 Å². The lowest BCUT2D eigenvalue weighted by molar-refractivity contribution is 0.101. The lowest BCUT2D eigenvalue weighted by Gasteiger charge is -2.07. The molecule has 2 heterocycles. The van der Waals surface area contributed by atoms with Gasteiger partial charge >= 0.3 is 0 Å². The van der Waals surface area contributed by atoms with Crippen LogP contribution in [0.4, 0.5) is 0 Å². The number of ketones is 1. The molecule has 0 spiro atoms. The summed E-state index contributed by atoms with van der Waals surface area (Å²) in [6.45, 7) is 2.09. The highest BCUT2D eigenvalue weighted by Gasteiger charge is 2.30. The van der Waals surface area contributed by atoms with Gasteiger partial charge in [-0.15, -0.1) is 0 Å². The molecular formula is C18H14O5. The molecule has 0 fully saturated rings. The van der Waals surface area contributed by atoms with Gasteiger partial charge in [0.25, 0.3) is 0 Å². The average molecular weight is 310 g/mol. The largest absolute Gasteiger partial charge is 0.496 e. The van der Waals surface area contributed by atoms with Crippen molar-refractivity contribution in [1.82, 2.24) is 0 Å². The monoisotopic (exact) mass is 310 g/mol. The van der Waals surface area contributed by atoms with Crippen LogP contribution in [0.2, 0.25) is 0 Å². The molecule has 2 aliphatic rings. The molecule has 5 nitrogen and oxygen atoms in total. The van der Waals surface area contributed by atoms with Gasteiger partial charge in [-0.25, -0.2) is 0 Å². The maximum atomic E-state index is 12.5. The molecule has 0 aliphatic carbocycles. The van der Waals surface area contributed by atoms with Crippen LogP contribution in [-0.4, -0.2) is 19.7 Å². The zero-order chi connectivity index (χ0) is 16.0. The summed E-state index contributed by atoms with van der Waals surface area (Å²) < 4.78 is 21.7. The van der Waals surface area contributed by atoms with Crippen LogP contribution in [0.3, 0.4) is 0 Å². The second-order valence-electron chi connectivity index (χ2n) is 5.32. The highest BCUT2D eigenvalue weighted by atomic mass is 16.7. The van der Waals surface area contributed by atoms with Gasteiger partial charge in [0.15, 0.2) is 17.3 Å². The highest BCUT2D eigenvalue weighted by Crippen LogP contribution is 2.39. The fourth-order valence-corrected chi connectivity index (χ4v) is 2.74. The quantitative estimate of drug-likeness (QED) is 0.796. The summed E-state index contributed by atoms with van der Waals surface area (Å²) in [5, 5.41) is 0. The van der Waals surface area contributed by atoms with Crippen molar-refractivity contribution < 1.29 is 23.7 Å². The summed E-state index contributed by atoms with van der Waals surface area (Å²) in [6.07, 6.45) is 1.70. The van der Waals surface area contributed by atoms with Crippen molar-refractivity contribution in [3.8, 4) is 23.0 Å². The number of hydrogen-bond acceptors (Lipinski definition) is 5. The van der Waals surface area contributed by atoms with Gasteiger partial charge in [0.2, 0.25) is 12.6 Å². The summed E-state index contributed by atoms with van der Waals surface area (Å²) in [6, 6.07) is 8.99. The Balaban J connectivity index is 1.71. The van der Waals surface area contributed by atoms with Crippen molar-refractivity contribution in [2.24, 2.45) is 0 Å². The maximum absolute atomic E-state index is 12.5. The number of methoxy groups -OCH3 is 1. The summed E-state index contributed by atoms with van der Waals surface area (Å²) >= 11 is 0. The fourth-order valence-electron chi connectivity index (χ4n) is 2.74. The number of carbonyl (C=O) groups is 1. The Kier molecular flexibility index (Phi) is 3.01. The number of hydrogen-bond donors (Lipinski definition) is 0. The number of ether oxygens (including phenoxy) is 4. The van der Waals surface area contributed by atoms with E-state index in [4.69, 9.17) is 18.9 Å². The van der Waals surface area contributed by atoms with Crippen LogP contribution in [0.25, 0.3) is 6.08 Å². The average Bonchev–Trinajstić information content (AvgIpc) is 3.14. The molecule has 2 aliphatic heterocycles. The highest BCUT2D eigenvalue weighted by molar-refractivity contribution is 6.15. The second-order valence-corrected chi connectivity index (χ2v) is 5.32. The van der Waals surface area contributed by atoms with E-state index < -0.39 is 0 Å². The Morgan fingerprint density at radius 3 is 2.78 bits per heavy atom. The zero-order valence-corrected chi connectivity index (χ0v) is 12.7. The van der Waals surface area contributed by atoms with Crippen molar-refractivity contribution in [3.05, 3.63) is 52.8 Å². The zero-order valence-electron chi connectivity index (χ0n) is 12.7. The van der Waals surface area contributed by atoms with Gasteiger partial charge in [0.05, 0.1) is 12.7 Å². The molecular weight excluding hydrogens is 296 g/mol. The second kappa shape index (κ2) is 5.05. The van der Waals surface area contributed by atoms with Crippen LogP contribution >= 0.6 is 0 Å². The number of carbonyl (C=O) groups excluding carboxylic acids is 1. The lowest BCUT2D eigenvalue weighted by Crippen LogP contribution is -1.98. The molecule has 0 saturated carbocycles. The Bertz CT molecular complexity index is 851. The van der Waals surface area contributed by atoms with E-state index in [0.29, 0.717) is 28.6 Å². The first-order chi connectivity index (χ1) is 11.2. The first kappa shape index (κ1) is 13.7.